The van der Waals surface area contributed by atoms with Gasteiger partial charge >= 0.3 is 0 Å². The smallest absolute Gasteiger partial charge is 0.245 e. The normalized spacial score (nSPS) is 12.5. The van der Waals surface area contributed by atoms with Crippen molar-refractivity contribution in [3.05, 3.63) is 94.5 Å². The number of carbonyl (C=O) groups is 9. The summed E-state index contributed by atoms with van der Waals surface area (Å²) < 4.78 is 0. The van der Waals surface area contributed by atoms with Crippen molar-refractivity contribution in [2.24, 2.45) is 5.73 Å². The third-order valence-corrected chi connectivity index (χ3v) is 10.2. The number of rotatable bonds is 28. The lowest BCUT2D eigenvalue weighted by Crippen LogP contribution is -2.58. The molecule has 3 aromatic carbocycles. The second-order valence-corrected chi connectivity index (χ2v) is 15.9. The van der Waals surface area contributed by atoms with E-state index in [1.807, 2.05) is 0 Å². The molecule has 67 heavy (non-hydrogen) atoms. The molecule has 0 aliphatic heterocycles. The Kier molecular flexibility index (Phi) is 23.1. The monoisotopic (exact) mass is 950 g/mol. The van der Waals surface area contributed by atoms with Crippen LogP contribution in [0, 0.1) is 0 Å². The number of halogens is 1. The van der Waals surface area contributed by atoms with Gasteiger partial charge in [-0.15, -0.1) is 0 Å². The molecule has 22 heteroatoms. The summed E-state index contributed by atoms with van der Waals surface area (Å²) in [5.74, 6) is -6.49. The summed E-state index contributed by atoms with van der Waals surface area (Å²) in [6.45, 7) is -0.244. The summed E-state index contributed by atoms with van der Waals surface area (Å²) in [5, 5.41) is 42.7. The SMILES string of the molecule is CNCCCCC(NC(=O)CNC(=O)C(Cc1ccc(O)cc1)NC(=O)C(CNC(C)=O)NC(=O)CCc1ccc(Cl)cc1)C(=O)NCC(=O)NCC(=O)NC(Cc1ccc(O)cc1)C(N)=O. The number of nitrogens with two attached hydrogens (primary N) is 1. The summed E-state index contributed by atoms with van der Waals surface area (Å²) in [6, 6.07) is 13.7. The standard InChI is InChI=1S/C45H59ClN10O11/c1-27(57)49-23-37(55-38(60)19-12-28-6-13-31(46)14-7-28)45(67)56-36(22-30-10-17-33(59)18-11-30)44(66)52-26-41(63)53-34(5-3-4-20-48-2)43(65)51-24-39(61)50-25-40(62)54-35(42(47)64)21-29-8-15-32(58)16-9-29/h6-11,13-18,34-37,48,58-59H,3-5,12,19-26H2,1-2H3,(H2,47,64)(H,49,57)(H,50,61)(H,51,65)(H,52,66)(H,53,63)(H,54,62)(H,55,60)(H,56,67). The molecule has 362 valence electrons. The molecule has 4 atom stereocenters. The molecule has 0 heterocycles. The highest BCUT2D eigenvalue weighted by Gasteiger charge is 2.29. The lowest BCUT2D eigenvalue weighted by molar-refractivity contribution is -0.133. The molecule has 0 saturated heterocycles. The number of phenols is 2. The Bertz CT molecular complexity index is 2160. The first-order valence-electron chi connectivity index (χ1n) is 21.4. The highest BCUT2D eigenvalue weighted by atomic mass is 35.5. The van der Waals surface area contributed by atoms with Crippen LogP contribution in [-0.4, -0.2) is 127 Å². The van der Waals surface area contributed by atoms with Gasteiger partial charge < -0.3 is 63.8 Å². The zero-order valence-corrected chi connectivity index (χ0v) is 38.0. The predicted molar refractivity (Wildman–Crippen MR) is 246 cm³/mol. The lowest BCUT2D eigenvalue weighted by Gasteiger charge is -2.24. The van der Waals surface area contributed by atoms with Crippen LogP contribution in [0.2, 0.25) is 5.02 Å². The van der Waals surface area contributed by atoms with Crippen LogP contribution in [0.25, 0.3) is 0 Å². The van der Waals surface area contributed by atoms with E-state index < -0.39 is 97.0 Å². The van der Waals surface area contributed by atoms with Crippen LogP contribution in [0.5, 0.6) is 11.5 Å². The molecule has 0 radical (unpaired) electrons. The quantitative estimate of drug-likeness (QED) is 0.0369. The van der Waals surface area contributed by atoms with E-state index in [9.17, 15) is 53.4 Å². The minimum absolute atomic E-state index is 0.0108. The highest BCUT2D eigenvalue weighted by molar-refractivity contribution is 6.30. The molecule has 0 bridgehead atoms. The number of primary amides is 1. The Morgan fingerprint density at radius 1 is 0.552 bits per heavy atom. The van der Waals surface area contributed by atoms with Crippen molar-refractivity contribution >= 4 is 64.8 Å². The van der Waals surface area contributed by atoms with Gasteiger partial charge in [-0.2, -0.15) is 0 Å². The maximum Gasteiger partial charge on any atom is 0.245 e. The van der Waals surface area contributed by atoms with Gasteiger partial charge in [-0.1, -0.05) is 48.0 Å². The second kappa shape index (κ2) is 28.6. The Labute approximate surface area is 392 Å². The van der Waals surface area contributed by atoms with E-state index >= 15 is 0 Å². The maximum atomic E-state index is 13.7. The fourth-order valence-corrected chi connectivity index (χ4v) is 6.43. The number of carbonyl (C=O) groups excluding carboxylic acids is 9. The van der Waals surface area contributed by atoms with E-state index in [1.54, 1.807) is 43.4 Å². The second-order valence-electron chi connectivity index (χ2n) is 15.4. The molecule has 0 aliphatic rings. The Morgan fingerprint density at radius 3 is 1.60 bits per heavy atom. The van der Waals surface area contributed by atoms with E-state index in [0.717, 1.165) is 5.56 Å². The van der Waals surface area contributed by atoms with Gasteiger partial charge in [0.2, 0.25) is 53.2 Å². The molecule has 0 aromatic heterocycles. The largest absolute Gasteiger partial charge is 0.508 e. The van der Waals surface area contributed by atoms with Crippen LogP contribution in [0.1, 0.15) is 49.3 Å². The maximum absolute atomic E-state index is 13.7. The number of phenolic OH excluding ortho intramolecular Hbond substituents is 2. The molecule has 0 aliphatic carbocycles. The Balaban J connectivity index is 1.62. The summed E-state index contributed by atoms with van der Waals surface area (Å²) in [4.78, 5) is 116. The molecule has 0 spiro atoms. The molecule has 21 nitrogen and oxygen atoms in total. The molecule has 4 unspecified atom stereocenters. The van der Waals surface area contributed by atoms with Crippen molar-refractivity contribution < 1.29 is 53.4 Å². The number of aromatic hydroxyl groups is 2. The van der Waals surface area contributed by atoms with Crippen LogP contribution >= 0.6 is 11.6 Å². The third kappa shape index (κ3) is 21.5. The average molecular weight is 951 g/mol. The molecular weight excluding hydrogens is 892 g/mol. The van der Waals surface area contributed by atoms with Gasteiger partial charge in [-0.25, -0.2) is 0 Å². The lowest BCUT2D eigenvalue weighted by atomic mass is 10.0. The van der Waals surface area contributed by atoms with Gasteiger partial charge in [0.25, 0.3) is 0 Å². The van der Waals surface area contributed by atoms with Crippen molar-refractivity contribution in [1.29, 1.82) is 0 Å². The third-order valence-electron chi connectivity index (χ3n) is 9.94. The fourth-order valence-electron chi connectivity index (χ4n) is 6.30. The molecule has 9 amide bonds. The summed E-state index contributed by atoms with van der Waals surface area (Å²) in [7, 11) is 1.75. The van der Waals surface area contributed by atoms with E-state index in [-0.39, 0.29) is 43.7 Å². The zero-order valence-electron chi connectivity index (χ0n) is 37.2. The summed E-state index contributed by atoms with van der Waals surface area (Å²) in [6.07, 6.45) is 1.47. The van der Waals surface area contributed by atoms with Crippen molar-refractivity contribution in [2.45, 2.75) is 76.0 Å². The average Bonchev–Trinajstić information content (AvgIpc) is 3.29. The first kappa shape index (κ1) is 54.1. The van der Waals surface area contributed by atoms with Gasteiger partial charge in [-0.05, 0) is 92.4 Å². The van der Waals surface area contributed by atoms with E-state index in [0.29, 0.717) is 42.0 Å². The first-order valence-corrected chi connectivity index (χ1v) is 21.8. The number of hydrogen-bond acceptors (Lipinski definition) is 12. The van der Waals surface area contributed by atoms with Crippen molar-refractivity contribution in [1.82, 2.24) is 47.9 Å². The zero-order chi connectivity index (χ0) is 49.3. The van der Waals surface area contributed by atoms with Gasteiger partial charge in [-0.3, -0.25) is 43.2 Å². The summed E-state index contributed by atoms with van der Waals surface area (Å²) in [5.41, 5.74) is 7.38. The minimum Gasteiger partial charge on any atom is -0.508 e. The van der Waals surface area contributed by atoms with E-state index in [1.165, 1.54) is 43.3 Å². The number of nitrogens with one attached hydrogen (secondary N) is 9. The number of benzene rings is 3. The molecule has 3 rings (SSSR count). The van der Waals surface area contributed by atoms with Crippen LogP contribution in [0.3, 0.4) is 0 Å². The van der Waals surface area contributed by atoms with Gasteiger partial charge in [0.15, 0.2) is 0 Å². The van der Waals surface area contributed by atoms with E-state index in [4.69, 9.17) is 17.3 Å². The molecule has 0 saturated carbocycles. The topological polar surface area (TPSA) is 328 Å². The number of aryl methyl sites for hydroxylation is 1. The van der Waals surface area contributed by atoms with Gasteiger partial charge in [0, 0.05) is 37.8 Å². The predicted octanol–water partition coefficient (Wildman–Crippen LogP) is -1.53. The molecule has 13 N–H and O–H groups in total. The number of hydrogen-bond donors (Lipinski definition) is 12. The molecular formula is C45H59ClN10O11. The fraction of sp³-hybridized carbons (Fsp3) is 0.400. The number of amides is 9. The first-order chi connectivity index (χ1) is 31.9. The Morgan fingerprint density at radius 2 is 1.04 bits per heavy atom. The highest BCUT2D eigenvalue weighted by Crippen LogP contribution is 2.14. The van der Waals surface area contributed by atoms with Crippen LogP contribution in [0.15, 0.2) is 72.8 Å². The van der Waals surface area contributed by atoms with Crippen LogP contribution in [0.4, 0.5) is 0 Å². The van der Waals surface area contributed by atoms with Gasteiger partial charge in [0.05, 0.1) is 19.6 Å². The van der Waals surface area contributed by atoms with Crippen molar-refractivity contribution in [3.63, 3.8) is 0 Å². The van der Waals surface area contributed by atoms with Crippen LogP contribution in [-0.2, 0) is 62.4 Å². The van der Waals surface area contributed by atoms with E-state index in [2.05, 4.69) is 47.9 Å². The Hall–Kier alpha value is -7.26. The van der Waals surface area contributed by atoms with Crippen molar-refractivity contribution in [2.75, 3.05) is 39.8 Å². The minimum atomic E-state index is -1.34. The molecule has 0 fully saturated rings. The van der Waals surface area contributed by atoms with Crippen molar-refractivity contribution in [3.8, 4) is 11.5 Å². The van der Waals surface area contributed by atoms with Gasteiger partial charge in [0.1, 0.15) is 35.7 Å². The molecule has 3 aromatic rings. The van der Waals surface area contributed by atoms with Crippen LogP contribution < -0.4 is 53.6 Å². The number of unbranched alkanes of at least 4 members (excludes halogenated alkanes) is 1. The summed E-state index contributed by atoms with van der Waals surface area (Å²) >= 11 is 5.95.